The van der Waals surface area contributed by atoms with Crippen LogP contribution in [0.25, 0.3) is 0 Å². The van der Waals surface area contributed by atoms with Gasteiger partial charge in [0, 0.05) is 12.1 Å². The van der Waals surface area contributed by atoms with Crippen LogP contribution in [0.3, 0.4) is 0 Å². The Bertz CT molecular complexity index is 136. The molecule has 3 heteroatoms. The van der Waals surface area contributed by atoms with Crippen molar-refractivity contribution in [3.05, 3.63) is 0 Å². The van der Waals surface area contributed by atoms with Crippen molar-refractivity contribution < 1.29 is 0 Å². The number of halogens is 1. The molecule has 1 rings (SSSR count). The van der Waals surface area contributed by atoms with Crippen molar-refractivity contribution in [1.82, 2.24) is 5.32 Å². The van der Waals surface area contributed by atoms with E-state index in [1.165, 1.54) is 0 Å². The van der Waals surface area contributed by atoms with Gasteiger partial charge in [0.2, 0.25) is 0 Å². The Balaban J connectivity index is 0.000000640. The van der Waals surface area contributed by atoms with Gasteiger partial charge < -0.3 is 5.32 Å². The van der Waals surface area contributed by atoms with Crippen LogP contribution in [0.5, 0.6) is 0 Å². The highest BCUT2D eigenvalue weighted by Crippen LogP contribution is 2.23. The van der Waals surface area contributed by atoms with Crippen molar-refractivity contribution >= 4 is 12.4 Å². The molecule has 1 aliphatic heterocycles. The SMILES string of the molecule is CC1(C)NCC1C#N.Cl. The Morgan fingerprint density at radius 1 is 1.67 bits per heavy atom. The lowest BCUT2D eigenvalue weighted by molar-refractivity contribution is 0.190. The zero-order valence-corrected chi connectivity index (χ0v) is 6.46. The summed E-state index contributed by atoms with van der Waals surface area (Å²) in [6.07, 6.45) is 0. The van der Waals surface area contributed by atoms with Gasteiger partial charge in [-0.1, -0.05) is 0 Å². The van der Waals surface area contributed by atoms with E-state index in [1.807, 2.05) is 13.8 Å². The van der Waals surface area contributed by atoms with Crippen LogP contribution in [-0.2, 0) is 0 Å². The van der Waals surface area contributed by atoms with Crippen molar-refractivity contribution in [2.45, 2.75) is 19.4 Å². The molecule has 0 spiro atoms. The molecular formula is C6H11ClN2. The summed E-state index contributed by atoms with van der Waals surface area (Å²) < 4.78 is 0. The van der Waals surface area contributed by atoms with Crippen LogP contribution in [0.2, 0.25) is 0 Å². The summed E-state index contributed by atoms with van der Waals surface area (Å²) >= 11 is 0. The van der Waals surface area contributed by atoms with Gasteiger partial charge in [0.15, 0.2) is 0 Å². The molecule has 1 aliphatic rings. The molecule has 1 fully saturated rings. The van der Waals surface area contributed by atoms with Crippen molar-refractivity contribution in [2.75, 3.05) is 6.54 Å². The Hall–Kier alpha value is -0.260. The molecule has 52 valence electrons. The average molecular weight is 147 g/mol. The van der Waals surface area contributed by atoms with E-state index in [9.17, 15) is 0 Å². The van der Waals surface area contributed by atoms with Gasteiger partial charge >= 0.3 is 0 Å². The van der Waals surface area contributed by atoms with Crippen LogP contribution in [0.4, 0.5) is 0 Å². The highest BCUT2D eigenvalue weighted by molar-refractivity contribution is 5.85. The highest BCUT2D eigenvalue weighted by atomic mass is 35.5. The zero-order chi connectivity index (χ0) is 6.20. The van der Waals surface area contributed by atoms with Crippen molar-refractivity contribution in [3.63, 3.8) is 0 Å². The van der Waals surface area contributed by atoms with Gasteiger partial charge in [0.25, 0.3) is 0 Å². The fraction of sp³-hybridized carbons (Fsp3) is 0.833. The normalized spacial score (nSPS) is 29.2. The van der Waals surface area contributed by atoms with E-state index in [0.29, 0.717) is 0 Å². The van der Waals surface area contributed by atoms with Gasteiger partial charge in [-0.2, -0.15) is 5.26 Å². The third kappa shape index (κ3) is 1.35. The molecule has 9 heavy (non-hydrogen) atoms. The fourth-order valence-corrected chi connectivity index (χ4v) is 0.819. The Morgan fingerprint density at radius 3 is 2.22 bits per heavy atom. The lowest BCUT2D eigenvalue weighted by Crippen LogP contribution is -2.60. The molecular weight excluding hydrogens is 136 g/mol. The number of rotatable bonds is 0. The molecule has 0 aromatic heterocycles. The topological polar surface area (TPSA) is 35.8 Å². The Labute approximate surface area is 61.7 Å². The third-order valence-corrected chi connectivity index (χ3v) is 1.79. The van der Waals surface area contributed by atoms with Crippen LogP contribution < -0.4 is 5.32 Å². The molecule has 1 unspecified atom stereocenters. The number of hydrogen-bond donors (Lipinski definition) is 1. The van der Waals surface area contributed by atoms with E-state index < -0.39 is 0 Å². The maximum atomic E-state index is 8.43. The van der Waals surface area contributed by atoms with Gasteiger partial charge in [0.1, 0.15) is 0 Å². The fourth-order valence-electron chi connectivity index (χ4n) is 0.819. The quantitative estimate of drug-likeness (QED) is 0.552. The smallest absolute Gasteiger partial charge is 0.0764 e. The van der Waals surface area contributed by atoms with E-state index in [-0.39, 0.29) is 23.9 Å². The summed E-state index contributed by atoms with van der Waals surface area (Å²) in [7, 11) is 0. The maximum Gasteiger partial charge on any atom is 0.0764 e. The first-order valence-electron chi connectivity index (χ1n) is 2.81. The highest BCUT2D eigenvalue weighted by Gasteiger charge is 2.37. The van der Waals surface area contributed by atoms with Gasteiger partial charge in [0.05, 0.1) is 12.0 Å². The van der Waals surface area contributed by atoms with Gasteiger partial charge in [-0.15, -0.1) is 12.4 Å². The van der Waals surface area contributed by atoms with E-state index in [4.69, 9.17) is 5.26 Å². The predicted octanol–water partition coefficient (Wildman–Crippen LogP) is 0.930. The summed E-state index contributed by atoms with van der Waals surface area (Å²) in [5.41, 5.74) is 0.0781. The first-order chi connectivity index (χ1) is 3.67. The van der Waals surface area contributed by atoms with Gasteiger partial charge in [-0.25, -0.2) is 0 Å². The first-order valence-corrected chi connectivity index (χ1v) is 2.81. The largest absolute Gasteiger partial charge is 0.309 e. The first kappa shape index (κ1) is 8.74. The predicted molar refractivity (Wildman–Crippen MR) is 38.4 cm³/mol. The van der Waals surface area contributed by atoms with E-state index >= 15 is 0 Å². The van der Waals surface area contributed by atoms with E-state index in [0.717, 1.165) is 6.54 Å². The van der Waals surface area contributed by atoms with Crippen LogP contribution in [0, 0.1) is 17.2 Å². The number of hydrogen-bond acceptors (Lipinski definition) is 2. The van der Waals surface area contributed by atoms with Gasteiger partial charge in [-0.3, -0.25) is 0 Å². The molecule has 0 bridgehead atoms. The van der Waals surface area contributed by atoms with Crippen LogP contribution in [0.1, 0.15) is 13.8 Å². The minimum atomic E-state index is 0. The standard InChI is InChI=1S/C6H10N2.ClH/c1-6(2)5(3-7)4-8-6;/h5,8H,4H2,1-2H3;1H. The van der Waals surface area contributed by atoms with Crippen molar-refractivity contribution in [1.29, 1.82) is 5.26 Å². The minimum Gasteiger partial charge on any atom is -0.309 e. The number of nitriles is 1. The lowest BCUT2D eigenvalue weighted by atomic mass is 9.81. The van der Waals surface area contributed by atoms with E-state index in [1.54, 1.807) is 0 Å². The monoisotopic (exact) mass is 146 g/mol. The molecule has 0 aromatic carbocycles. The molecule has 1 atom stereocenters. The average Bonchev–Trinajstić information content (AvgIpc) is 1.66. The van der Waals surface area contributed by atoms with Crippen LogP contribution >= 0.6 is 12.4 Å². The molecule has 1 N–H and O–H groups in total. The zero-order valence-electron chi connectivity index (χ0n) is 5.64. The molecule has 0 saturated carbocycles. The third-order valence-electron chi connectivity index (χ3n) is 1.79. The molecule has 2 nitrogen and oxygen atoms in total. The second-order valence-corrected chi connectivity index (χ2v) is 2.78. The maximum absolute atomic E-state index is 8.43. The lowest BCUT2D eigenvalue weighted by Gasteiger charge is -2.41. The molecule has 0 radical (unpaired) electrons. The molecule has 1 heterocycles. The second kappa shape index (κ2) is 2.55. The number of nitrogens with zero attached hydrogens (tertiary/aromatic N) is 1. The molecule has 1 saturated heterocycles. The van der Waals surface area contributed by atoms with Gasteiger partial charge in [-0.05, 0) is 13.8 Å². The summed E-state index contributed by atoms with van der Waals surface area (Å²) in [5.74, 6) is 0.225. The van der Waals surface area contributed by atoms with Crippen LogP contribution in [-0.4, -0.2) is 12.1 Å². The molecule has 0 aromatic rings. The summed E-state index contributed by atoms with van der Waals surface area (Å²) in [4.78, 5) is 0. The molecule has 0 amide bonds. The Morgan fingerprint density at radius 2 is 2.22 bits per heavy atom. The Kier molecular flexibility index (Phi) is 2.48. The van der Waals surface area contributed by atoms with Crippen molar-refractivity contribution in [3.8, 4) is 6.07 Å². The molecule has 0 aliphatic carbocycles. The second-order valence-electron chi connectivity index (χ2n) is 2.78. The number of nitrogens with one attached hydrogen (secondary N) is 1. The van der Waals surface area contributed by atoms with Crippen molar-refractivity contribution in [2.24, 2.45) is 5.92 Å². The minimum absolute atomic E-state index is 0. The summed E-state index contributed by atoms with van der Waals surface area (Å²) in [6, 6.07) is 2.23. The van der Waals surface area contributed by atoms with Crippen LogP contribution in [0.15, 0.2) is 0 Å². The van der Waals surface area contributed by atoms with E-state index in [2.05, 4.69) is 11.4 Å². The summed E-state index contributed by atoms with van der Waals surface area (Å²) in [5, 5.41) is 11.6. The summed E-state index contributed by atoms with van der Waals surface area (Å²) in [6.45, 7) is 4.96.